The van der Waals surface area contributed by atoms with Gasteiger partial charge in [-0.3, -0.25) is 9.78 Å². The molecule has 0 spiro atoms. The fourth-order valence-corrected chi connectivity index (χ4v) is 2.69. The Morgan fingerprint density at radius 1 is 1.11 bits per heavy atom. The van der Waals surface area contributed by atoms with Crippen molar-refractivity contribution in [3.8, 4) is 17.4 Å². The van der Waals surface area contributed by atoms with Crippen LogP contribution >= 0.6 is 15.9 Å². The molecule has 0 fully saturated rings. The molecule has 1 N–H and O–H groups in total. The van der Waals surface area contributed by atoms with Gasteiger partial charge in [0.25, 0.3) is 5.91 Å². The average Bonchev–Trinajstić information content (AvgIpc) is 2.68. The molecule has 0 atom stereocenters. The van der Waals surface area contributed by atoms with Gasteiger partial charge < -0.3 is 14.8 Å². The Balaban J connectivity index is 1.60. The number of carbonyl (C=O) groups is 1. The zero-order chi connectivity index (χ0) is 19.1. The van der Waals surface area contributed by atoms with Crippen molar-refractivity contribution in [3.05, 3.63) is 76.7 Å². The van der Waals surface area contributed by atoms with E-state index in [1.165, 1.54) is 6.20 Å². The second-order valence-corrected chi connectivity index (χ2v) is 6.50. The van der Waals surface area contributed by atoms with Crippen LogP contribution in [0.4, 0.5) is 0 Å². The van der Waals surface area contributed by atoms with Gasteiger partial charge in [0.1, 0.15) is 11.5 Å². The highest BCUT2D eigenvalue weighted by molar-refractivity contribution is 9.10. The summed E-state index contributed by atoms with van der Waals surface area (Å²) in [7, 11) is 0. The lowest BCUT2D eigenvalue weighted by Crippen LogP contribution is -2.22. The molecular weight excluding hydrogens is 410 g/mol. The predicted octanol–water partition coefficient (Wildman–Crippen LogP) is 4.36. The Morgan fingerprint density at radius 3 is 2.63 bits per heavy atom. The fourth-order valence-electron chi connectivity index (χ4n) is 2.33. The largest absolute Gasteiger partial charge is 0.494 e. The van der Waals surface area contributed by atoms with E-state index in [1.54, 1.807) is 24.5 Å². The molecule has 0 unspecified atom stereocenters. The lowest BCUT2D eigenvalue weighted by Gasteiger charge is -2.09. The van der Waals surface area contributed by atoms with Crippen molar-refractivity contribution in [2.24, 2.45) is 0 Å². The summed E-state index contributed by atoms with van der Waals surface area (Å²) in [6, 6.07) is 12.7. The van der Waals surface area contributed by atoms with Crippen LogP contribution in [0.1, 0.15) is 22.8 Å². The van der Waals surface area contributed by atoms with E-state index < -0.39 is 0 Å². The number of hydrogen-bond donors (Lipinski definition) is 1. The molecule has 3 rings (SSSR count). The minimum absolute atomic E-state index is 0.199. The van der Waals surface area contributed by atoms with Crippen molar-refractivity contribution in [2.45, 2.75) is 13.5 Å². The molecule has 0 aliphatic heterocycles. The van der Waals surface area contributed by atoms with Gasteiger partial charge in [0.2, 0.25) is 5.88 Å². The Morgan fingerprint density at radius 2 is 1.89 bits per heavy atom. The van der Waals surface area contributed by atoms with Crippen LogP contribution in [0.3, 0.4) is 0 Å². The maximum Gasteiger partial charge on any atom is 0.253 e. The Labute approximate surface area is 165 Å². The van der Waals surface area contributed by atoms with Crippen LogP contribution in [0.5, 0.6) is 17.4 Å². The number of aromatic nitrogens is 2. The fraction of sp³-hybridized carbons (Fsp3) is 0.150. The first-order valence-corrected chi connectivity index (χ1v) is 9.17. The van der Waals surface area contributed by atoms with Gasteiger partial charge in [-0.25, -0.2) is 4.98 Å². The average molecular weight is 428 g/mol. The first kappa shape index (κ1) is 18.8. The van der Waals surface area contributed by atoms with Gasteiger partial charge in [0, 0.05) is 35.7 Å². The summed E-state index contributed by atoms with van der Waals surface area (Å²) in [4.78, 5) is 20.4. The van der Waals surface area contributed by atoms with Gasteiger partial charge in [-0.15, -0.1) is 0 Å². The van der Waals surface area contributed by atoms with Crippen LogP contribution in [0.25, 0.3) is 0 Å². The van der Waals surface area contributed by atoms with E-state index in [2.05, 4.69) is 31.2 Å². The predicted molar refractivity (Wildman–Crippen MR) is 105 cm³/mol. The second-order valence-electron chi connectivity index (χ2n) is 5.58. The third kappa shape index (κ3) is 5.52. The molecule has 1 aromatic carbocycles. The number of benzene rings is 1. The highest BCUT2D eigenvalue weighted by Gasteiger charge is 2.07. The van der Waals surface area contributed by atoms with Crippen LogP contribution < -0.4 is 14.8 Å². The van der Waals surface area contributed by atoms with Crippen LogP contribution in [0.2, 0.25) is 0 Å². The minimum Gasteiger partial charge on any atom is -0.494 e. The van der Waals surface area contributed by atoms with Crippen LogP contribution in [0, 0.1) is 0 Å². The molecule has 0 saturated carbocycles. The Hall–Kier alpha value is -2.93. The van der Waals surface area contributed by atoms with Crippen LogP contribution in [-0.2, 0) is 6.54 Å². The standard InChI is InChI=1S/C20H18BrN3O3/c1-2-26-17-3-5-18(6-4-17)27-19-9-14(7-8-23-19)11-24-20(25)15-10-16(21)13-22-12-15/h3-10,12-13H,2,11H2,1H3,(H,24,25). The number of carbonyl (C=O) groups excluding carboxylic acids is 1. The summed E-state index contributed by atoms with van der Waals surface area (Å²) in [5.74, 6) is 1.70. The van der Waals surface area contributed by atoms with Crippen molar-refractivity contribution < 1.29 is 14.3 Å². The molecule has 0 radical (unpaired) electrons. The number of amides is 1. The van der Waals surface area contributed by atoms with E-state index in [0.717, 1.165) is 15.8 Å². The first-order valence-electron chi connectivity index (χ1n) is 8.38. The van der Waals surface area contributed by atoms with Crippen molar-refractivity contribution >= 4 is 21.8 Å². The van der Waals surface area contributed by atoms with E-state index in [0.29, 0.717) is 30.3 Å². The molecule has 2 heterocycles. The molecule has 27 heavy (non-hydrogen) atoms. The minimum atomic E-state index is -0.199. The lowest BCUT2D eigenvalue weighted by atomic mass is 10.2. The Kier molecular flexibility index (Phi) is 6.38. The van der Waals surface area contributed by atoms with Gasteiger partial charge in [-0.05, 0) is 64.8 Å². The molecule has 0 bridgehead atoms. The third-order valence-electron chi connectivity index (χ3n) is 3.58. The summed E-state index contributed by atoms with van der Waals surface area (Å²) < 4.78 is 11.9. The molecule has 7 heteroatoms. The zero-order valence-corrected chi connectivity index (χ0v) is 16.3. The third-order valence-corrected chi connectivity index (χ3v) is 4.01. The summed E-state index contributed by atoms with van der Waals surface area (Å²) in [6.07, 6.45) is 4.79. The van der Waals surface area contributed by atoms with E-state index in [-0.39, 0.29) is 5.91 Å². The SMILES string of the molecule is CCOc1ccc(Oc2cc(CNC(=O)c3cncc(Br)c3)ccn2)cc1. The molecule has 138 valence electrons. The van der Waals surface area contributed by atoms with Crippen molar-refractivity contribution in [2.75, 3.05) is 6.61 Å². The maximum absolute atomic E-state index is 12.2. The number of hydrogen-bond acceptors (Lipinski definition) is 5. The maximum atomic E-state index is 12.2. The summed E-state index contributed by atoms with van der Waals surface area (Å²) >= 11 is 3.31. The number of nitrogens with one attached hydrogen (secondary N) is 1. The molecular formula is C20H18BrN3O3. The van der Waals surface area contributed by atoms with E-state index in [9.17, 15) is 4.79 Å². The molecule has 2 aromatic heterocycles. The van der Waals surface area contributed by atoms with E-state index >= 15 is 0 Å². The van der Waals surface area contributed by atoms with Gasteiger partial charge in [-0.1, -0.05) is 0 Å². The first-order chi connectivity index (χ1) is 13.1. The van der Waals surface area contributed by atoms with Gasteiger partial charge in [0.05, 0.1) is 12.2 Å². The summed E-state index contributed by atoms with van der Waals surface area (Å²) in [5, 5.41) is 2.86. The Bertz CT molecular complexity index is 916. The number of nitrogens with zero attached hydrogens (tertiary/aromatic N) is 2. The summed E-state index contributed by atoms with van der Waals surface area (Å²) in [5.41, 5.74) is 1.37. The van der Waals surface area contributed by atoms with E-state index in [4.69, 9.17) is 9.47 Å². The highest BCUT2D eigenvalue weighted by atomic mass is 79.9. The number of pyridine rings is 2. The van der Waals surface area contributed by atoms with Gasteiger partial charge in [0.15, 0.2) is 0 Å². The highest BCUT2D eigenvalue weighted by Crippen LogP contribution is 2.23. The number of rotatable bonds is 7. The molecule has 6 nitrogen and oxygen atoms in total. The number of halogens is 1. The normalized spacial score (nSPS) is 10.3. The molecule has 0 saturated heterocycles. The van der Waals surface area contributed by atoms with Crippen LogP contribution in [0.15, 0.2) is 65.5 Å². The second kappa shape index (κ2) is 9.14. The molecule has 0 aliphatic carbocycles. The molecule has 3 aromatic rings. The van der Waals surface area contributed by atoms with E-state index in [1.807, 2.05) is 37.3 Å². The molecule has 0 aliphatic rings. The quantitative estimate of drug-likeness (QED) is 0.606. The topological polar surface area (TPSA) is 73.3 Å². The van der Waals surface area contributed by atoms with Crippen molar-refractivity contribution in [3.63, 3.8) is 0 Å². The molecule has 1 amide bonds. The number of ether oxygens (including phenoxy) is 2. The van der Waals surface area contributed by atoms with Gasteiger partial charge in [-0.2, -0.15) is 0 Å². The lowest BCUT2D eigenvalue weighted by molar-refractivity contribution is 0.0950. The van der Waals surface area contributed by atoms with Crippen molar-refractivity contribution in [1.82, 2.24) is 15.3 Å². The van der Waals surface area contributed by atoms with Crippen molar-refractivity contribution in [1.29, 1.82) is 0 Å². The van der Waals surface area contributed by atoms with Crippen LogP contribution in [-0.4, -0.2) is 22.5 Å². The summed E-state index contributed by atoms with van der Waals surface area (Å²) in [6.45, 7) is 2.91. The van der Waals surface area contributed by atoms with Gasteiger partial charge >= 0.3 is 0 Å². The zero-order valence-electron chi connectivity index (χ0n) is 14.7. The monoisotopic (exact) mass is 427 g/mol. The smallest absolute Gasteiger partial charge is 0.253 e.